The van der Waals surface area contributed by atoms with Crippen LogP contribution in [0.3, 0.4) is 0 Å². The highest BCUT2D eigenvalue weighted by atomic mass is 16.2. The van der Waals surface area contributed by atoms with Crippen molar-refractivity contribution in [1.29, 1.82) is 0 Å². The van der Waals surface area contributed by atoms with Crippen LogP contribution in [0.2, 0.25) is 0 Å². The first-order valence-corrected chi connectivity index (χ1v) is 8.68. The number of pyridine rings is 1. The van der Waals surface area contributed by atoms with Gasteiger partial charge in [0.05, 0.1) is 19.6 Å². The number of nitrogens with zero attached hydrogens (tertiary/aromatic N) is 5. The van der Waals surface area contributed by atoms with E-state index in [4.69, 9.17) is 0 Å². The van der Waals surface area contributed by atoms with E-state index in [0.717, 1.165) is 17.0 Å². The Hall–Kier alpha value is -3.42. The number of likely N-dealkylation sites (N-methyl/N-ethyl adjacent to an activating group) is 1. The molecule has 0 saturated carbocycles. The van der Waals surface area contributed by atoms with Crippen molar-refractivity contribution in [2.45, 2.75) is 13.1 Å². The van der Waals surface area contributed by atoms with E-state index in [1.165, 1.54) is 4.90 Å². The summed E-state index contributed by atoms with van der Waals surface area (Å²) in [6.45, 7) is 1.10. The van der Waals surface area contributed by atoms with Crippen LogP contribution in [0.15, 0.2) is 59.7 Å². The number of rotatable bonds is 6. The third-order valence-corrected chi connectivity index (χ3v) is 3.97. The second kappa shape index (κ2) is 8.79. The van der Waals surface area contributed by atoms with Gasteiger partial charge in [0.1, 0.15) is 0 Å². The number of carbonyl (C=O) groups excluding carboxylic acids is 1. The van der Waals surface area contributed by atoms with Crippen molar-refractivity contribution in [3.63, 3.8) is 0 Å². The molecule has 0 radical (unpaired) electrons. The van der Waals surface area contributed by atoms with Crippen LogP contribution in [0.25, 0.3) is 5.65 Å². The van der Waals surface area contributed by atoms with Crippen molar-refractivity contribution < 1.29 is 4.79 Å². The maximum atomic E-state index is 11.9. The van der Waals surface area contributed by atoms with Crippen molar-refractivity contribution in [1.82, 2.24) is 30.1 Å². The molecule has 0 unspecified atom stereocenters. The third kappa shape index (κ3) is 5.04. The lowest BCUT2D eigenvalue weighted by molar-refractivity contribution is -0.127. The van der Waals surface area contributed by atoms with Crippen molar-refractivity contribution in [3.05, 3.63) is 66.1 Å². The lowest BCUT2D eigenvalue weighted by Crippen LogP contribution is -2.42. The van der Waals surface area contributed by atoms with Gasteiger partial charge >= 0.3 is 0 Å². The number of hydrogen-bond donors (Lipinski definition) is 2. The monoisotopic (exact) mass is 365 g/mol. The molecule has 0 atom stereocenters. The normalized spacial score (nSPS) is 11.4. The highest BCUT2D eigenvalue weighted by Crippen LogP contribution is 2.03. The minimum Gasteiger partial charge on any atom is -0.349 e. The number of aromatic nitrogens is 3. The zero-order valence-corrected chi connectivity index (χ0v) is 15.5. The summed E-state index contributed by atoms with van der Waals surface area (Å²) in [5, 5.41) is 14.6. The van der Waals surface area contributed by atoms with E-state index in [2.05, 4.69) is 25.8 Å². The fourth-order valence-corrected chi connectivity index (χ4v) is 2.42. The van der Waals surface area contributed by atoms with E-state index in [-0.39, 0.29) is 12.5 Å². The van der Waals surface area contributed by atoms with E-state index >= 15 is 0 Å². The number of amides is 1. The molecule has 0 fully saturated rings. The minimum absolute atomic E-state index is 0.0304. The summed E-state index contributed by atoms with van der Waals surface area (Å²) in [6, 6.07) is 15.7. The Bertz CT molecular complexity index is 918. The first kappa shape index (κ1) is 18.4. The number of nitrogens with one attached hydrogen (secondary N) is 2. The number of carbonyl (C=O) groups is 1. The smallest absolute Gasteiger partial charge is 0.241 e. The Kier molecular flexibility index (Phi) is 5.98. The maximum absolute atomic E-state index is 11.9. The molecule has 8 heteroatoms. The summed E-state index contributed by atoms with van der Waals surface area (Å²) in [6.07, 6.45) is 1.91. The predicted molar refractivity (Wildman–Crippen MR) is 104 cm³/mol. The fourth-order valence-electron chi connectivity index (χ4n) is 2.42. The Balaban J connectivity index is 1.69. The SMILES string of the molecule is CN(C)C(=O)CNC(=NCc1ccccc1)NCc1nnc2ccccn12. The van der Waals surface area contributed by atoms with Gasteiger partial charge in [0, 0.05) is 20.3 Å². The maximum Gasteiger partial charge on any atom is 0.241 e. The lowest BCUT2D eigenvalue weighted by Gasteiger charge is -2.14. The van der Waals surface area contributed by atoms with E-state index in [9.17, 15) is 4.79 Å². The van der Waals surface area contributed by atoms with Crippen LogP contribution in [0.5, 0.6) is 0 Å². The molecule has 1 aromatic carbocycles. The fraction of sp³-hybridized carbons (Fsp3) is 0.263. The summed E-state index contributed by atoms with van der Waals surface area (Å²) in [5.74, 6) is 1.28. The molecule has 0 bridgehead atoms. The Morgan fingerprint density at radius 2 is 1.85 bits per heavy atom. The minimum atomic E-state index is -0.0304. The number of benzene rings is 1. The van der Waals surface area contributed by atoms with E-state index in [1.54, 1.807) is 14.1 Å². The molecular weight excluding hydrogens is 342 g/mol. The molecular formula is C19H23N7O. The summed E-state index contributed by atoms with van der Waals surface area (Å²) in [5.41, 5.74) is 1.87. The van der Waals surface area contributed by atoms with Crippen molar-refractivity contribution in [3.8, 4) is 0 Å². The third-order valence-electron chi connectivity index (χ3n) is 3.97. The molecule has 3 rings (SSSR count). The van der Waals surface area contributed by atoms with Crippen LogP contribution in [0, 0.1) is 0 Å². The van der Waals surface area contributed by atoms with Crippen molar-refractivity contribution in [2.24, 2.45) is 4.99 Å². The van der Waals surface area contributed by atoms with Gasteiger partial charge < -0.3 is 15.5 Å². The van der Waals surface area contributed by atoms with Crippen LogP contribution < -0.4 is 10.6 Å². The van der Waals surface area contributed by atoms with E-state index in [1.807, 2.05) is 59.1 Å². The zero-order valence-electron chi connectivity index (χ0n) is 15.5. The first-order valence-electron chi connectivity index (χ1n) is 8.68. The van der Waals surface area contributed by atoms with Crippen LogP contribution in [0.1, 0.15) is 11.4 Å². The summed E-state index contributed by atoms with van der Waals surface area (Å²) in [7, 11) is 3.45. The molecule has 0 saturated heterocycles. The van der Waals surface area contributed by atoms with Crippen LogP contribution >= 0.6 is 0 Å². The predicted octanol–water partition coefficient (Wildman–Crippen LogP) is 1.05. The molecule has 8 nitrogen and oxygen atoms in total. The molecule has 0 spiro atoms. The summed E-state index contributed by atoms with van der Waals surface area (Å²) >= 11 is 0. The van der Waals surface area contributed by atoms with Gasteiger partial charge in [0.2, 0.25) is 5.91 Å². The van der Waals surface area contributed by atoms with Gasteiger partial charge in [-0.25, -0.2) is 4.99 Å². The van der Waals surface area contributed by atoms with Gasteiger partial charge in [-0.05, 0) is 17.7 Å². The second-order valence-corrected chi connectivity index (χ2v) is 6.19. The van der Waals surface area contributed by atoms with Crippen LogP contribution in [-0.2, 0) is 17.9 Å². The number of fused-ring (bicyclic) bond motifs is 1. The number of hydrogen-bond acceptors (Lipinski definition) is 4. The average molecular weight is 365 g/mol. The zero-order chi connectivity index (χ0) is 19.1. The Morgan fingerprint density at radius 3 is 2.63 bits per heavy atom. The van der Waals surface area contributed by atoms with Gasteiger partial charge in [0.25, 0.3) is 0 Å². The molecule has 3 aromatic rings. The first-order chi connectivity index (χ1) is 13.1. The van der Waals surface area contributed by atoms with Gasteiger partial charge in [-0.15, -0.1) is 10.2 Å². The lowest BCUT2D eigenvalue weighted by atomic mass is 10.2. The van der Waals surface area contributed by atoms with Crippen LogP contribution in [0.4, 0.5) is 0 Å². The molecule has 2 N–H and O–H groups in total. The standard InChI is InChI=1S/C19H23N7O/c1-25(2)18(27)14-22-19(20-12-15-8-4-3-5-9-15)21-13-17-24-23-16-10-6-7-11-26(16)17/h3-11H,12-14H2,1-2H3,(H2,20,21,22). The molecule has 2 aromatic heterocycles. The van der Waals surface area contributed by atoms with Crippen LogP contribution in [-0.4, -0.2) is 52.0 Å². The molecule has 1 amide bonds. The summed E-state index contributed by atoms with van der Waals surface area (Å²) < 4.78 is 1.91. The average Bonchev–Trinajstić information content (AvgIpc) is 3.11. The number of guanidine groups is 1. The second-order valence-electron chi connectivity index (χ2n) is 6.19. The highest BCUT2D eigenvalue weighted by Gasteiger charge is 2.08. The molecule has 27 heavy (non-hydrogen) atoms. The molecule has 0 aliphatic heterocycles. The molecule has 0 aliphatic carbocycles. The van der Waals surface area contributed by atoms with E-state index in [0.29, 0.717) is 19.0 Å². The number of aliphatic imine (C=N–C) groups is 1. The highest BCUT2D eigenvalue weighted by molar-refractivity contribution is 5.86. The van der Waals surface area contributed by atoms with Gasteiger partial charge in [-0.2, -0.15) is 0 Å². The topological polar surface area (TPSA) is 86.9 Å². The van der Waals surface area contributed by atoms with Crippen molar-refractivity contribution in [2.75, 3.05) is 20.6 Å². The molecule has 0 aliphatic rings. The summed E-state index contributed by atoms with van der Waals surface area (Å²) in [4.78, 5) is 18.0. The van der Waals surface area contributed by atoms with Crippen molar-refractivity contribution >= 4 is 17.5 Å². The largest absolute Gasteiger partial charge is 0.349 e. The Morgan fingerprint density at radius 1 is 1.07 bits per heavy atom. The Labute approximate surface area is 157 Å². The molecule has 140 valence electrons. The molecule has 2 heterocycles. The van der Waals surface area contributed by atoms with Gasteiger partial charge in [-0.1, -0.05) is 36.4 Å². The van der Waals surface area contributed by atoms with Gasteiger partial charge in [-0.3, -0.25) is 9.20 Å². The van der Waals surface area contributed by atoms with Gasteiger partial charge in [0.15, 0.2) is 17.4 Å². The van der Waals surface area contributed by atoms with E-state index < -0.39 is 0 Å². The quantitative estimate of drug-likeness (QED) is 0.504.